The lowest BCUT2D eigenvalue weighted by molar-refractivity contribution is -0.153. The number of ether oxygens (including phenoxy) is 2. The highest BCUT2D eigenvalue weighted by Gasteiger charge is 2.64. The number of fused-ring (bicyclic) bond motifs is 3. The summed E-state index contributed by atoms with van der Waals surface area (Å²) in [6.45, 7) is 3.94. The number of hydrogen-bond acceptors (Lipinski definition) is 3. The van der Waals surface area contributed by atoms with Gasteiger partial charge in [0.25, 0.3) is 0 Å². The highest BCUT2D eigenvalue weighted by atomic mass is 16.8. The van der Waals surface area contributed by atoms with Crippen molar-refractivity contribution in [3.8, 4) is 0 Å². The third kappa shape index (κ3) is 0.767. The molecular weight excluding hydrogens is 154 g/mol. The molecule has 2 N–H and O–H groups in total. The Labute approximate surface area is 72.2 Å². The Kier molecular flexibility index (Phi) is 1.13. The van der Waals surface area contributed by atoms with Crippen molar-refractivity contribution in [1.29, 1.82) is 0 Å². The lowest BCUT2D eigenvalue weighted by Crippen LogP contribution is -2.38. The fourth-order valence-corrected chi connectivity index (χ4v) is 2.75. The van der Waals surface area contributed by atoms with Gasteiger partial charge in [0.15, 0.2) is 5.79 Å². The molecule has 1 heterocycles. The van der Waals surface area contributed by atoms with E-state index in [0.29, 0.717) is 17.9 Å². The molecule has 3 rings (SSSR count). The molecule has 68 valence electrons. The van der Waals surface area contributed by atoms with Crippen molar-refractivity contribution < 1.29 is 9.47 Å². The largest absolute Gasteiger partial charge is 0.344 e. The van der Waals surface area contributed by atoms with Crippen LogP contribution in [0.5, 0.6) is 0 Å². The van der Waals surface area contributed by atoms with E-state index in [1.165, 1.54) is 6.42 Å². The van der Waals surface area contributed by atoms with Crippen LogP contribution in [0.1, 0.15) is 20.3 Å². The van der Waals surface area contributed by atoms with Gasteiger partial charge in [-0.3, -0.25) is 0 Å². The monoisotopic (exact) mass is 169 g/mol. The second-order valence-corrected chi connectivity index (χ2v) is 4.71. The Morgan fingerprint density at radius 1 is 1.17 bits per heavy atom. The first-order valence-corrected chi connectivity index (χ1v) is 4.70. The fourth-order valence-electron chi connectivity index (χ4n) is 2.75. The molecule has 12 heavy (non-hydrogen) atoms. The smallest absolute Gasteiger partial charge is 0.163 e. The standard InChI is InChI=1S/C9H15NO2/c1-9(2)11-7-5-3-4(5)6(10)8(7)12-9/h4-8H,3,10H2,1-2H3/t4-,5+,6+,7+,8-/m0/s1. The molecule has 0 aromatic rings. The Balaban J connectivity index is 1.86. The molecule has 0 radical (unpaired) electrons. The minimum Gasteiger partial charge on any atom is -0.344 e. The predicted octanol–water partition coefficient (Wildman–Crippen LogP) is 0.483. The first-order chi connectivity index (χ1) is 5.58. The summed E-state index contributed by atoms with van der Waals surface area (Å²) >= 11 is 0. The summed E-state index contributed by atoms with van der Waals surface area (Å²) in [5, 5.41) is 0. The first kappa shape index (κ1) is 7.30. The van der Waals surface area contributed by atoms with E-state index in [1.807, 2.05) is 13.8 Å². The van der Waals surface area contributed by atoms with E-state index in [4.69, 9.17) is 15.2 Å². The lowest BCUT2D eigenvalue weighted by atomic mass is 10.1. The summed E-state index contributed by atoms with van der Waals surface area (Å²) in [7, 11) is 0. The highest BCUT2D eigenvalue weighted by molar-refractivity contribution is 5.14. The molecule has 0 aromatic carbocycles. The van der Waals surface area contributed by atoms with Crippen LogP contribution >= 0.6 is 0 Å². The zero-order valence-corrected chi connectivity index (χ0v) is 7.49. The molecule has 2 saturated carbocycles. The van der Waals surface area contributed by atoms with Crippen LogP contribution < -0.4 is 5.73 Å². The van der Waals surface area contributed by atoms with Gasteiger partial charge in [-0.15, -0.1) is 0 Å². The van der Waals surface area contributed by atoms with E-state index in [-0.39, 0.29) is 12.1 Å². The molecule has 0 bridgehead atoms. The fraction of sp³-hybridized carbons (Fsp3) is 1.00. The van der Waals surface area contributed by atoms with Crippen LogP contribution in [-0.2, 0) is 9.47 Å². The zero-order valence-electron chi connectivity index (χ0n) is 7.49. The van der Waals surface area contributed by atoms with E-state index in [9.17, 15) is 0 Å². The maximum atomic E-state index is 6.02. The van der Waals surface area contributed by atoms with Crippen molar-refractivity contribution in [1.82, 2.24) is 0 Å². The van der Waals surface area contributed by atoms with Gasteiger partial charge < -0.3 is 15.2 Å². The van der Waals surface area contributed by atoms with Crippen molar-refractivity contribution >= 4 is 0 Å². The maximum absolute atomic E-state index is 6.02. The Morgan fingerprint density at radius 3 is 2.50 bits per heavy atom. The van der Waals surface area contributed by atoms with Gasteiger partial charge in [-0.05, 0) is 32.1 Å². The third-order valence-electron chi connectivity index (χ3n) is 3.35. The number of rotatable bonds is 0. The van der Waals surface area contributed by atoms with Crippen molar-refractivity contribution in [3.05, 3.63) is 0 Å². The van der Waals surface area contributed by atoms with Crippen LogP contribution in [0, 0.1) is 11.8 Å². The average Bonchev–Trinajstić information content (AvgIpc) is 2.62. The molecule has 0 unspecified atom stereocenters. The van der Waals surface area contributed by atoms with E-state index >= 15 is 0 Å². The highest BCUT2D eigenvalue weighted by Crippen LogP contribution is 2.57. The molecule has 3 nitrogen and oxygen atoms in total. The van der Waals surface area contributed by atoms with Gasteiger partial charge in [0.05, 0.1) is 6.10 Å². The van der Waals surface area contributed by atoms with Gasteiger partial charge in [0.2, 0.25) is 0 Å². The molecule has 1 aliphatic heterocycles. The summed E-state index contributed by atoms with van der Waals surface area (Å²) < 4.78 is 11.5. The van der Waals surface area contributed by atoms with Crippen molar-refractivity contribution in [2.24, 2.45) is 17.6 Å². The second-order valence-electron chi connectivity index (χ2n) is 4.71. The van der Waals surface area contributed by atoms with Crippen LogP contribution in [0.15, 0.2) is 0 Å². The number of hydrogen-bond donors (Lipinski definition) is 1. The van der Waals surface area contributed by atoms with Crippen LogP contribution in [-0.4, -0.2) is 24.0 Å². The minimum atomic E-state index is -0.402. The Morgan fingerprint density at radius 2 is 1.83 bits per heavy atom. The summed E-state index contributed by atoms with van der Waals surface area (Å²) in [5.41, 5.74) is 6.02. The minimum absolute atomic E-state index is 0.170. The van der Waals surface area contributed by atoms with E-state index in [0.717, 1.165) is 0 Å². The van der Waals surface area contributed by atoms with Gasteiger partial charge in [0.1, 0.15) is 6.10 Å². The van der Waals surface area contributed by atoms with Crippen LogP contribution in [0.2, 0.25) is 0 Å². The summed E-state index contributed by atoms with van der Waals surface area (Å²) in [6.07, 6.45) is 1.71. The second kappa shape index (κ2) is 1.86. The number of nitrogens with two attached hydrogens (primary N) is 1. The van der Waals surface area contributed by atoms with E-state index in [2.05, 4.69) is 0 Å². The lowest BCUT2D eigenvalue weighted by Gasteiger charge is -2.19. The normalized spacial score (nSPS) is 59.8. The van der Waals surface area contributed by atoms with Gasteiger partial charge in [-0.2, -0.15) is 0 Å². The molecule has 0 spiro atoms. The predicted molar refractivity (Wildman–Crippen MR) is 43.4 cm³/mol. The SMILES string of the molecule is CC1(C)O[C@@H]2[C@@H]3C[C@@H]3[C@@H](N)[C@@H]2O1. The maximum Gasteiger partial charge on any atom is 0.163 e. The molecule has 5 atom stereocenters. The van der Waals surface area contributed by atoms with Crippen LogP contribution in [0.25, 0.3) is 0 Å². The average molecular weight is 169 g/mol. The van der Waals surface area contributed by atoms with Gasteiger partial charge in [0, 0.05) is 6.04 Å². The first-order valence-electron chi connectivity index (χ1n) is 4.70. The van der Waals surface area contributed by atoms with Gasteiger partial charge in [-0.1, -0.05) is 0 Å². The molecule has 0 aromatic heterocycles. The summed E-state index contributed by atoms with van der Waals surface area (Å²) in [5.74, 6) is 0.989. The van der Waals surface area contributed by atoms with Gasteiger partial charge in [-0.25, -0.2) is 0 Å². The molecule has 3 fully saturated rings. The van der Waals surface area contributed by atoms with Crippen molar-refractivity contribution in [2.45, 2.75) is 44.3 Å². The molecule has 0 amide bonds. The van der Waals surface area contributed by atoms with Crippen LogP contribution in [0.3, 0.4) is 0 Å². The van der Waals surface area contributed by atoms with Crippen LogP contribution in [0.4, 0.5) is 0 Å². The van der Waals surface area contributed by atoms with E-state index < -0.39 is 5.79 Å². The quantitative estimate of drug-likeness (QED) is 0.573. The molecule has 1 saturated heterocycles. The van der Waals surface area contributed by atoms with Crippen molar-refractivity contribution in [2.75, 3.05) is 0 Å². The summed E-state index contributed by atoms with van der Waals surface area (Å²) in [6, 6.07) is 0.224. The Bertz CT molecular complexity index is 221. The van der Waals surface area contributed by atoms with E-state index in [1.54, 1.807) is 0 Å². The molecule has 2 aliphatic carbocycles. The third-order valence-corrected chi connectivity index (χ3v) is 3.35. The molecular formula is C9H15NO2. The van der Waals surface area contributed by atoms with Gasteiger partial charge >= 0.3 is 0 Å². The molecule has 3 aliphatic rings. The zero-order chi connectivity index (χ0) is 8.51. The summed E-state index contributed by atoms with van der Waals surface area (Å²) in [4.78, 5) is 0. The van der Waals surface area contributed by atoms with Crippen molar-refractivity contribution in [3.63, 3.8) is 0 Å². The topological polar surface area (TPSA) is 44.5 Å². The molecule has 3 heteroatoms. The Hall–Kier alpha value is -0.120.